The van der Waals surface area contributed by atoms with Crippen LogP contribution in [0.2, 0.25) is 0 Å². The molecule has 0 fully saturated rings. The molecule has 0 unspecified atom stereocenters. The zero-order valence-electron chi connectivity index (χ0n) is 8.11. The number of hydrogen-bond acceptors (Lipinski definition) is 3. The highest BCUT2D eigenvalue weighted by Gasteiger charge is 2.12. The van der Waals surface area contributed by atoms with E-state index in [0.29, 0.717) is 12.1 Å². The van der Waals surface area contributed by atoms with Gasteiger partial charge in [0.05, 0.1) is 3.79 Å². The summed E-state index contributed by atoms with van der Waals surface area (Å²) in [6, 6.07) is 3.70. The first kappa shape index (κ1) is 10.6. The monoisotopic (exact) mass is 284 g/mol. The minimum Gasteiger partial charge on any atom is -0.292 e. The van der Waals surface area contributed by atoms with Gasteiger partial charge in [-0.1, -0.05) is 0 Å². The molecule has 3 nitrogen and oxygen atoms in total. The second-order valence-corrected chi connectivity index (χ2v) is 5.39. The molecule has 0 saturated heterocycles. The van der Waals surface area contributed by atoms with E-state index in [-0.39, 0.29) is 5.78 Å². The Bertz CT molecular complexity index is 489. The minimum atomic E-state index is 0.0918. The molecule has 0 saturated carbocycles. The van der Waals surface area contributed by atoms with Crippen molar-refractivity contribution in [3.05, 3.63) is 38.8 Å². The van der Waals surface area contributed by atoms with E-state index in [2.05, 4.69) is 21.0 Å². The number of halogens is 1. The normalized spacial score (nSPS) is 10.5. The van der Waals surface area contributed by atoms with Crippen LogP contribution in [0.3, 0.4) is 0 Å². The first-order valence-electron chi connectivity index (χ1n) is 4.41. The molecule has 0 spiro atoms. The molecular formula is C10H9BrN2OS. The average molecular weight is 285 g/mol. The molecule has 0 aliphatic rings. The van der Waals surface area contributed by atoms with Gasteiger partial charge in [0, 0.05) is 19.7 Å². The van der Waals surface area contributed by atoms with Crippen LogP contribution in [0.15, 0.2) is 27.5 Å². The average Bonchev–Trinajstić information content (AvgIpc) is 2.76. The first-order chi connectivity index (χ1) is 7.18. The summed E-state index contributed by atoms with van der Waals surface area (Å²) in [5, 5.41) is 5.94. The number of nitrogens with zero attached hydrogens (tertiary/aromatic N) is 2. The third-order valence-corrected chi connectivity index (χ3v) is 3.96. The van der Waals surface area contributed by atoms with Gasteiger partial charge in [-0.15, -0.1) is 11.3 Å². The first-order valence-corrected chi connectivity index (χ1v) is 6.09. The van der Waals surface area contributed by atoms with Gasteiger partial charge in [0.15, 0.2) is 5.78 Å². The van der Waals surface area contributed by atoms with Crippen molar-refractivity contribution in [2.45, 2.75) is 6.42 Å². The van der Waals surface area contributed by atoms with E-state index in [9.17, 15) is 4.79 Å². The summed E-state index contributed by atoms with van der Waals surface area (Å²) in [5.74, 6) is 0.0918. The number of ketones is 1. The Morgan fingerprint density at radius 1 is 1.60 bits per heavy atom. The number of aryl methyl sites for hydroxylation is 1. The summed E-state index contributed by atoms with van der Waals surface area (Å²) >= 11 is 5.01. The fraction of sp³-hybridized carbons (Fsp3) is 0.200. The Hall–Kier alpha value is -0.940. The molecule has 2 aromatic rings. The smallest absolute Gasteiger partial charge is 0.185 e. The molecule has 78 valence electrons. The molecule has 0 N–H and O–H groups in total. The maximum atomic E-state index is 11.9. The topological polar surface area (TPSA) is 34.9 Å². The summed E-state index contributed by atoms with van der Waals surface area (Å²) in [6.45, 7) is 0. The molecular weight excluding hydrogens is 276 g/mol. The molecule has 2 aromatic heterocycles. The predicted octanol–water partition coefficient (Wildman–Crippen LogP) is 2.67. The zero-order chi connectivity index (χ0) is 10.8. The second-order valence-electron chi connectivity index (χ2n) is 3.16. The second kappa shape index (κ2) is 4.28. The number of thiophene rings is 1. The molecule has 2 rings (SSSR count). The molecule has 0 bridgehead atoms. The Morgan fingerprint density at radius 3 is 2.93 bits per heavy atom. The van der Waals surface area contributed by atoms with Crippen molar-refractivity contribution in [2.24, 2.45) is 7.05 Å². The molecule has 0 aliphatic carbocycles. The van der Waals surface area contributed by atoms with Crippen LogP contribution in [0.5, 0.6) is 0 Å². The lowest BCUT2D eigenvalue weighted by atomic mass is 10.1. The molecule has 0 radical (unpaired) electrons. The SMILES string of the molecule is Cn1nccc1C(=O)Cc1ccsc1Br. The van der Waals surface area contributed by atoms with Crippen LogP contribution < -0.4 is 0 Å². The van der Waals surface area contributed by atoms with E-state index in [4.69, 9.17) is 0 Å². The summed E-state index contributed by atoms with van der Waals surface area (Å²) in [5.41, 5.74) is 1.68. The van der Waals surface area contributed by atoms with Gasteiger partial charge < -0.3 is 0 Å². The largest absolute Gasteiger partial charge is 0.292 e. The Morgan fingerprint density at radius 2 is 2.40 bits per heavy atom. The number of carbonyl (C=O) groups is 1. The Balaban J connectivity index is 2.18. The lowest BCUT2D eigenvalue weighted by Crippen LogP contribution is -2.09. The number of rotatable bonds is 3. The molecule has 15 heavy (non-hydrogen) atoms. The summed E-state index contributed by atoms with van der Waals surface area (Å²) < 4.78 is 2.63. The van der Waals surface area contributed by atoms with Crippen LogP contribution in [0, 0.1) is 0 Å². The Labute approximate surface area is 99.9 Å². The van der Waals surface area contributed by atoms with Gasteiger partial charge in [-0.05, 0) is 39.0 Å². The summed E-state index contributed by atoms with van der Waals surface area (Å²) in [7, 11) is 1.77. The molecule has 0 atom stereocenters. The highest BCUT2D eigenvalue weighted by molar-refractivity contribution is 9.11. The molecule has 0 aliphatic heterocycles. The van der Waals surface area contributed by atoms with Gasteiger partial charge in [-0.2, -0.15) is 5.10 Å². The van der Waals surface area contributed by atoms with Crippen LogP contribution in [0.25, 0.3) is 0 Å². The van der Waals surface area contributed by atoms with Crippen molar-refractivity contribution in [1.29, 1.82) is 0 Å². The van der Waals surface area contributed by atoms with Gasteiger partial charge >= 0.3 is 0 Å². The lowest BCUT2D eigenvalue weighted by Gasteiger charge is -2.00. The summed E-state index contributed by atoms with van der Waals surface area (Å²) in [4.78, 5) is 11.9. The van der Waals surface area contributed by atoms with Crippen LogP contribution >= 0.6 is 27.3 Å². The minimum absolute atomic E-state index is 0.0918. The fourth-order valence-electron chi connectivity index (χ4n) is 1.36. The number of Topliss-reactive ketones (excluding diaryl/α,β-unsaturated/α-hetero) is 1. The molecule has 5 heteroatoms. The predicted molar refractivity (Wildman–Crippen MR) is 63.3 cm³/mol. The van der Waals surface area contributed by atoms with E-state index in [1.165, 1.54) is 0 Å². The van der Waals surface area contributed by atoms with E-state index >= 15 is 0 Å². The van der Waals surface area contributed by atoms with Gasteiger partial charge in [0.2, 0.25) is 0 Å². The van der Waals surface area contributed by atoms with E-state index in [0.717, 1.165) is 9.35 Å². The van der Waals surface area contributed by atoms with Crippen LogP contribution in [0.4, 0.5) is 0 Å². The van der Waals surface area contributed by atoms with Crippen molar-refractivity contribution in [3.63, 3.8) is 0 Å². The maximum absolute atomic E-state index is 11.9. The van der Waals surface area contributed by atoms with Crippen LogP contribution in [-0.2, 0) is 13.5 Å². The standard InChI is InChI=1S/C10H9BrN2OS/c1-13-8(2-4-12-13)9(14)6-7-3-5-15-10(7)11/h2-5H,6H2,1H3. The van der Waals surface area contributed by atoms with Gasteiger partial charge in [0.1, 0.15) is 5.69 Å². The van der Waals surface area contributed by atoms with Crippen LogP contribution in [0.1, 0.15) is 16.1 Å². The number of aromatic nitrogens is 2. The van der Waals surface area contributed by atoms with Crippen molar-refractivity contribution >= 4 is 33.0 Å². The van der Waals surface area contributed by atoms with Crippen molar-refractivity contribution in [3.8, 4) is 0 Å². The van der Waals surface area contributed by atoms with E-state index < -0.39 is 0 Å². The maximum Gasteiger partial charge on any atom is 0.185 e. The van der Waals surface area contributed by atoms with Gasteiger partial charge in [0.25, 0.3) is 0 Å². The zero-order valence-corrected chi connectivity index (χ0v) is 10.5. The quantitative estimate of drug-likeness (QED) is 0.813. The third-order valence-electron chi connectivity index (χ3n) is 2.15. The van der Waals surface area contributed by atoms with Crippen molar-refractivity contribution in [1.82, 2.24) is 9.78 Å². The van der Waals surface area contributed by atoms with Crippen molar-refractivity contribution < 1.29 is 4.79 Å². The third kappa shape index (κ3) is 2.18. The molecule has 2 heterocycles. The van der Waals surface area contributed by atoms with Crippen molar-refractivity contribution in [2.75, 3.05) is 0 Å². The Kier molecular flexibility index (Phi) is 3.02. The van der Waals surface area contributed by atoms with E-state index in [1.54, 1.807) is 35.3 Å². The van der Waals surface area contributed by atoms with Crippen LogP contribution in [-0.4, -0.2) is 15.6 Å². The lowest BCUT2D eigenvalue weighted by molar-refractivity contribution is 0.0984. The molecule has 0 amide bonds. The highest BCUT2D eigenvalue weighted by atomic mass is 79.9. The molecule has 0 aromatic carbocycles. The number of hydrogen-bond donors (Lipinski definition) is 0. The van der Waals surface area contributed by atoms with E-state index in [1.807, 2.05) is 11.4 Å². The summed E-state index contributed by atoms with van der Waals surface area (Å²) in [6.07, 6.45) is 2.06. The highest BCUT2D eigenvalue weighted by Crippen LogP contribution is 2.24. The fourth-order valence-corrected chi connectivity index (χ4v) is 2.60. The van der Waals surface area contributed by atoms with Gasteiger partial charge in [-0.3, -0.25) is 9.48 Å². The number of carbonyl (C=O) groups excluding carboxylic acids is 1. The van der Waals surface area contributed by atoms with Gasteiger partial charge in [-0.25, -0.2) is 0 Å².